The molecular formula is C18H26N4O2S. The molecule has 0 radical (unpaired) electrons. The summed E-state index contributed by atoms with van der Waals surface area (Å²) in [5.41, 5.74) is 0.468. The Labute approximate surface area is 152 Å². The first kappa shape index (κ1) is 16.9. The number of amides is 2. The molecule has 25 heavy (non-hydrogen) atoms. The van der Waals surface area contributed by atoms with Crippen LogP contribution in [0.3, 0.4) is 0 Å². The van der Waals surface area contributed by atoms with Crippen molar-refractivity contribution in [2.75, 3.05) is 26.2 Å². The summed E-state index contributed by atoms with van der Waals surface area (Å²) in [6.45, 7) is 5.13. The number of aryl methyl sites for hydroxylation is 1. The maximum Gasteiger partial charge on any atom is 0.267 e. The van der Waals surface area contributed by atoms with Gasteiger partial charge in [0.25, 0.3) is 5.91 Å². The van der Waals surface area contributed by atoms with Gasteiger partial charge in [-0.3, -0.25) is 9.59 Å². The Kier molecular flexibility index (Phi) is 4.52. The van der Waals surface area contributed by atoms with Crippen LogP contribution in [0.1, 0.15) is 60.8 Å². The fraction of sp³-hybridized carbons (Fsp3) is 0.778. The average Bonchev–Trinajstić information content (AvgIpc) is 3.14. The molecule has 1 aliphatic carbocycles. The lowest BCUT2D eigenvalue weighted by Crippen LogP contribution is -2.50. The highest BCUT2D eigenvalue weighted by molar-refractivity contribution is 7.08. The van der Waals surface area contributed by atoms with Crippen LogP contribution in [-0.4, -0.2) is 57.4 Å². The molecular weight excluding hydrogens is 336 g/mol. The van der Waals surface area contributed by atoms with Crippen molar-refractivity contribution < 1.29 is 9.59 Å². The highest BCUT2D eigenvalue weighted by Crippen LogP contribution is 2.42. The summed E-state index contributed by atoms with van der Waals surface area (Å²) in [4.78, 5) is 30.6. The van der Waals surface area contributed by atoms with Gasteiger partial charge in [0.1, 0.15) is 4.88 Å². The summed E-state index contributed by atoms with van der Waals surface area (Å²) < 4.78 is 3.97. The van der Waals surface area contributed by atoms with Crippen LogP contribution >= 0.6 is 11.5 Å². The van der Waals surface area contributed by atoms with Crippen LogP contribution in [0.4, 0.5) is 0 Å². The predicted octanol–water partition coefficient (Wildman–Crippen LogP) is 2.36. The Morgan fingerprint density at radius 3 is 2.92 bits per heavy atom. The lowest BCUT2D eigenvalue weighted by molar-refractivity contribution is -0.145. The van der Waals surface area contributed by atoms with Crippen LogP contribution in [0.2, 0.25) is 0 Å². The van der Waals surface area contributed by atoms with Gasteiger partial charge in [-0.05, 0) is 56.0 Å². The Hall–Kier alpha value is -1.50. The smallest absolute Gasteiger partial charge is 0.267 e. The van der Waals surface area contributed by atoms with Gasteiger partial charge < -0.3 is 9.80 Å². The van der Waals surface area contributed by atoms with E-state index < -0.39 is 0 Å². The van der Waals surface area contributed by atoms with Crippen molar-refractivity contribution in [2.24, 2.45) is 11.3 Å². The second kappa shape index (κ2) is 6.67. The van der Waals surface area contributed by atoms with Crippen molar-refractivity contribution in [3.63, 3.8) is 0 Å². The van der Waals surface area contributed by atoms with Crippen LogP contribution in [0.15, 0.2) is 0 Å². The van der Waals surface area contributed by atoms with E-state index in [4.69, 9.17) is 0 Å². The predicted molar refractivity (Wildman–Crippen MR) is 95.4 cm³/mol. The van der Waals surface area contributed by atoms with Crippen LogP contribution in [-0.2, 0) is 11.2 Å². The number of hydrogen-bond acceptors (Lipinski definition) is 5. The maximum atomic E-state index is 13.1. The topological polar surface area (TPSA) is 66.4 Å². The molecule has 1 atom stereocenters. The van der Waals surface area contributed by atoms with Crippen molar-refractivity contribution in [3.05, 3.63) is 10.6 Å². The Balaban J connectivity index is 1.47. The van der Waals surface area contributed by atoms with Crippen molar-refractivity contribution in [3.8, 4) is 0 Å². The number of carbonyl (C=O) groups excluding carboxylic acids is 2. The average molecular weight is 362 g/mol. The van der Waals surface area contributed by atoms with Crippen LogP contribution < -0.4 is 0 Å². The van der Waals surface area contributed by atoms with Crippen molar-refractivity contribution >= 4 is 23.3 Å². The van der Waals surface area contributed by atoms with E-state index >= 15 is 0 Å². The molecule has 1 saturated carbocycles. The van der Waals surface area contributed by atoms with E-state index in [1.54, 1.807) is 0 Å². The molecule has 136 valence electrons. The number of piperidine rings is 1. The monoisotopic (exact) mass is 362 g/mol. The van der Waals surface area contributed by atoms with Gasteiger partial charge in [-0.15, -0.1) is 5.10 Å². The molecule has 1 aromatic heterocycles. The quantitative estimate of drug-likeness (QED) is 0.806. The zero-order chi connectivity index (χ0) is 17.4. The minimum Gasteiger partial charge on any atom is -0.342 e. The van der Waals surface area contributed by atoms with Crippen LogP contribution in [0.25, 0.3) is 0 Å². The Bertz CT molecular complexity index is 672. The van der Waals surface area contributed by atoms with Gasteiger partial charge >= 0.3 is 0 Å². The Morgan fingerprint density at radius 2 is 2.16 bits per heavy atom. The molecule has 7 heteroatoms. The zero-order valence-electron chi connectivity index (χ0n) is 14.9. The number of hydrogen-bond donors (Lipinski definition) is 0. The molecule has 3 fully saturated rings. The molecule has 0 unspecified atom stereocenters. The summed E-state index contributed by atoms with van der Waals surface area (Å²) in [6, 6.07) is 0. The normalized spacial score (nSPS) is 26.7. The molecule has 1 spiro atoms. The first-order chi connectivity index (χ1) is 12.1. The molecule has 3 aliphatic rings. The molecule has 4 rings (SSSR count). The van der Waals surface area contributed by atoms with Gasteiger partial charge in [0.2, 0.25) is 5.91 Å². The fourth-order valence-electron chi connectivity index (χ4n) is 4.28. The van der Waals surface area contributed by atoms with E-state index in [9.17, 15) is 9.59 Å². The summed E-state index contributed by atoms with van der Waals surface area (Å²) >= 11 is 1.19. The van der Waals surface area contributed by atoms with E-state index in [1.807, 2.05) is 4.90 Å². The third-order valence-corrected chi connectivity index (χ3v) is 6.63. The minimum absolute atomic E-state index is 0.0161. The van der Waals surface area contributed by atoms with Gasteiger partial charge in [-0.2, -0.15) is 0 Å². The van der Waals surface area contributed by atoms with E-state index in [1.165, 1.54) is 24.4 Å². The number of likely N-dealkylation sites (tertiary alicyclic amines) is 2. The van der Waals surface area contributed by atoms with Gasteiger partial charge in [0.15, 0.2) is 0 Å². The summed E-state index contributed by atoms with van der Waals surface area (Å²) in [6.07, 6.45) is 7.03. The standard InChI is InChI=1S/C18H26N4O2S/c1-2-4-14-15(25-20-19-14)16(23)22-10-8-18(12-22)7-3-9-21(17(18)24)11-13-5-6-13/h13H,2-12H2,1H3/t18-/m1/s1. The number of carbonyl (C=O) groups is 2. The molecule has 1 aromatic rings. The van der Waals surface area contributed by atoms with Gasteiger partial charge in [0.05, 0.1) is 11.1 Å². The summed E-state index contributed by atoms with van der Waals surface area (Å²) in [5, 5.41) is 4.11. The lowest BCUT2D eigenvalue weighted by Gasteiger charge is -2.39. The minimum atomic E-state index is -0.341. The summed E-state index contributed by atoms with van der Waals surface area (Å²) in [7, 11) is 0. The lowest BCUT2D eigenvalue weighted by atomic mass is 9.78. The Morgan fingerprint density at radius 1 is 1.32 bits per heavy atom. The van der Waals surface area contributed by atoms with Crippen LogP contribution in [0.5, 0.6) is 0 Å². The van der Waals surface area contributed by atoms with Crippen molar-refractivity contribution in [1.29, 1.82) is 0 Å². The SMILES string of the molecule is CCCc1nnsc1C(=O)N1CC[C@]2(CCCN(CC3CC3)C2=O)C1. The second-order valence-electron chi connectivity index (χ2n) is 7.85. The number of nitrogens with zero attached hydrogens (tertiary/aromatic N) is 4. The van der Waals surface area contributed by atoms with Crippen LogP contribution in [0, 0.1) is 11.3 Å². The first-order valence-electron chi connectivity index (χ1n) is 9.53. The van der Waals surface area contributed by atoms with E-state index in [-0.39, 0.29) is 17.2 Å². The largest absolute Gasteiger partial charge is 0.342 e. The van der Waals surface area contributed by atoms with E-state index in [2.05, 4.69) is 21.4 Å². The van der Waals surface area contributed by atoms with Crippen molar-refractivity contribution in [2.45, 2.75) is 51.9 Å². The molecule has 0 bridgehead atoms. The zero-order valence-corrected chi connectivity index (χ0v) is 15.7. The van der Waals surface area contributed by atoms with Gasteiger partial charge in [-0.25, -0.2) is 0 Å². The molecule has 0 N–H and O–H groups in total. The molecule has 3 heterocycles. The van der Waals surface area contributed by atoms with Crippen molar-refractivity contribution in [1.82, 2.24) is 19.4 Å². The molecule has 2 amide bonds. The number of aromatic nitrogens is 2. The van der Waals surface area contributed by atoms with Gasteiger partial charge in [0, 0.05) is 26.2 Å². The molecule has 2 saturated heterocycles. The van der Waals surface area contributed by atoms with E-state index in [0.29, 0.717) is 18.0 Å². The number of rotatable bonds is 5. The van der Waals surface area contributed by atoms with Gasteiger partial charge in [-0.1, -0.05) is 17.8 Å². The first-order valence-corrected chi connectivity index (χ1v) is 10.3. The molecule has 6 nitrogen and oxygen atoms in total. The third kappa shape index (κ3) is 3.18. The fourth-order valence-corrected chi connectivity index (χ4v) is 4.95. The second-order valence-corrected chi connectivity index (χ2v) is 8.61. The highest BCUT2D eigenvalue weighted by Gasteiger charge is 2.50. The summed E-state index contributed by atoms with van der Waals surface area (Å²) in [5.74, 6) is 1.03. The maximum absolute atomic E-state index is 13.1. The highest BCUT2D eigenvalue weighted by atomic mass is 32.1. The molecule has 0 aromatic carbocycles. The third-order valence-electron chi connectivity index (χ3n) is 5.88. The van der Waals surface area contributed by atoms with E-state index in [0.717, 1.165) is 56.8 Å². The molecule has 2 aliphatic heterocycles.